The summed E-state index contributed by atoms with van der Waals surface area (Å²) < 4.78 is 10.4. The Labute approximate surface area is 219 Å². The highest BCUT2D eigenvalue weighted by Crippen LogP contribution is 2.28. The number of para-hydroxylation sites is 2. The molecule has 0 saturated heterocycles. The molecule has 38 heavy (non-hydrogen) atoms. The van der Waals surface area contributed by atoms with E-state index in [1.54, 1.807) is 28.6 Å². The van der Waals surface area contributed by atoms with Crippen LogP contribution in [0.25, 0.3) is 27.6 Å². The van der Waals surface area contributed by atoms with Gasteiger partial charge in [0, 0.05) is 31.1 Å². The number of hydrogen-bond donors (Lipinski definition) is 1. The topological polar surface area (TPSA) is 96.0 Å². The van der Waals surface area contributed by atoms with E-state index >= 15 is 0 Å². The van der Waals surface area contributed by atoms with Crippen molar-refractivity contribution in [3.05, 3.63) is 83.0 Å². The number of pyridine rings is 1. The van der Waals surface area contributed by atoms with Gasteiger partial charge in [-0.05, 0) is 55.9 Å². The average Bonchev–Trinajstić information content (AvgIpc) is 3.42. The molecule has 1 saturated carbocycles. The summed E-state index contributed by atoms with van der Waals surface area (Å²) in [6.07, 6.45) is 5.29. The summed E-state index contributed by atoms with van der Waals surface area (Å²) in [7, 11) is 3.38. The van der Waals surface area contributed by atoms with Gasteiger partial charge in [0.05, 0.1) is 35.5 Å². The molecule has 0 bridgehead atoms. The van der Waals surface area contributed by atoms with Crippen molar-refractivity contribution in [2.75, 3.05) is 7.11 Å². The SMILES string of the molecule is COc1ccc(-n2c(=O)n(CC3CCC(NC(=O)c4c5ccccc5nn4C)CC3)c3ccccc32)cn1. The van der Waals surface area contributed by atoms with Crippen LogP contribution in [0.5, 0.6) is 5.88 Å². The lowest BCUT2D eigenvalue weighted by molar-refractivity contribution is 0.0912. The predicted octanol–water partition coefficient (Wildman–Crippen LogP) is 4.07. The summed E-state index contributed by atoms with van der Waals surface area (Å²) in [6.45, 7) is 0.642. The molecular weight excluding hydrogens is 480 g/mol. The number of benzene rings is 2. The van der Waals surface area contributed by atoms with Gasteiger partial charge in [-0.1, -0.05) is 30.3 Å². The second-order valence-corrected chi connectivity index (χ2v) is 9.96. The van der Waals surface area contributed by atoms with Gasteiger partial charge in [0.2, 0.25) is 5.88 Å². The van der Waals surface area contributed by atoms with E-state index in [0.29, 0.717) is 29.7 Å². The molecule has 194 valence electrons. The molecule has 9 nitrogen and oxygen atoms in total. The van der Waals surface area contributed by atoms with Crippen molar-refractivity contribution in [2.24, 2.45) is 13.0 Å². The van der Waals surface area contributed by atoms with Crippen molar-refractivity contribution < 1.29 is 9.53 Å². The van der Waals surface area contributed by atoms with Gasteiger partial charge < -0.3 is 10.1 Å². The first-order valence-corrected chi connectivity index (χ1v) is 13.0. The highest BCUT2D eigenvalue weighted by atomic mass is 16.5. The lowest BCUT2D eigenvalue weighted by Crippen LogP contribution is -2.39. The number of aromatic nitrogens is 5. The molecule has 9 heteroatoms. The van der Waals surface area contributed by atoms with Crippen molar-refractivity contribution in [3.63, 3.8) is 0 Å². The molecule has 0 spiro atoms. The van der Waals surface area contributed by atoms with E-state index in [9.17, 15) is 9.59 Å². The van der Waals surface area contributed by atoms with E-state index in [2.05, 4.69) is 15.4 Å². The Kier molecular flexibility index (Phi) is 6.19. The Morgan fingerprint density at radius 1 is 1.00 bits per heavy atom. The number of amides is 1. The van der Waals surface area contributed by atoms with Crippen LogP contribution in [0.1, 0.15) is 36.2 Å². The number of aryl methyl sites for hydroxylation is 1. The zero-order chi connectivity index (χ0) is 26.2. The molecule has 6 rings (SSSR count). The van der Waals surface area contributed by atoms with E-state index < -0.39 is 0 Å². The Bertz CT molecular complexity index is 1670. The standard InChI is InChI=1S/C29H30N6O3/c1-33-27(22-7-3-4-8-23(22)32-33)28(36)31-20-13-11-19(12-14-20)18-34-24-9-5-6-10-25(24)35(29(34)37)21-15-16-26(38-2)30-17-21/h3-10,15-17,19-20H,11-14,18H2,1-2H3,(H,31,36). The van der Waals surface area contributed by atoms with Gasteiger partial charge in [-0.3, -0.25) is 18.6 Å². The number of fused-ring (bicyclic) bond motifs is 2. The molecule has 5 aromatic rings. The minimum atomic E-state index is -0.0861. The van der Waals surface area contributed by atoms with E-state index in [4.69, 9.17) is 4.74 Å². The quantitative estimate of drug-likeness (QED) is 0.372. The van der Waals surface area contributed by atoms with Crippen LogP contribution in [0.3, 0.4) is 0 Å². The number of ether oxygens (including phenoxy) is 1. The highest BCUT2D eigenvalue weighted by Gasteiger charge is 2.26. The fraction of sp³-hybridized carbons (Fsp3) is 0.310. The molecule has 1 amide bonds. The fourth-order valence-electron chi connectivity index (χ4n) is 5.68. The van der Waals surface area contributed by atoms with E-state index in [1.165, 1.54) is 0 Å². The zero-order valence-electron chi connectivity index (χ0n) is 21.5. The summed E-state index contributed by atoms with van der Waals surface area (Å²) in [6, 6.07) is 19.3. The summed E-state index contributed by atoms with van der Waals surface area (Å²) in [4.78, 5) is 31.0. The van der Waals surface area contributed by atoms with Crippen molar-refractivity contribution in [1.29, 1.82) is 0 Å². The van der Waals surface area contributed by atoms with Crippen LogP contribution in [-0.2, 0) is 13.6 Å². The number of rotatable bonds is 6. The number of imidazole rings is 1. The van der Waals surface area contributed by atoms with Crippen LogP contribution in [0.2, 0.25) is 0 Å². The maximum Gasteiger partial charge on any atom is 0.333 e. The minimum Gasteiger partial charge on any atom is -0.481 e. The molecule has 0 unspecified atom stereocenters. The number of nitrogens with zero attached hydrogens (tertiary/aromatic N) is 5. The van der Waals surface area contributed by atoms with Gasteiger partial charge in [-0.15, -0.1) is 0 Å². The number of carbonyl (C=O) groups is 1. The van der Waals surface area contributed by atoms with Crippen LogP contribution in [0.4, 0.5) is 0 Å². The molecule has 3 heterocycles. The first kappa shape index (κ1) is 24.0. The molecule has 3 aromatic heterocycles. The number of methoxy groups -OCH3 is 1. The number of hydrogen-bond acceptors (Lipinski definition) is 5. The highest BCUT2D eigenvalue weighted by molar-refractivity contribution is 6.05. The fourth-order valence-corrected chi connectivity index (χ4v) is 5.68. The van der Waals surface area contributed by atoms with Crippen molar-refractivity contribution in [2.45, 2.75) is 38.3 Å². The van der Waals surface area contributed by atoms with Crippen molar-refractivity contribution >= 4 is 27.8 Å². The first-order chi connectivity index (χ1) is 18.5. The lowest BCUT2D eigenvalue weighted by Gasteiger charge is -2.29. The summed E-state index contributed by atoms with van der Waals surface area (Å²) in [5, 5.41) is 8.55. The number of nitrogens with one attached hydrogen (secondary N) is 1. The van der Waals surface area contributed by atoms with Crippen LogP contribution in [-0.4, -0.2) is 43.0 Å². The second-order valence-electron chi connectivity index (χ2n) is 9.96. The maximum atomic E-state index is 13.6. The molecule has 0 atom stereocenters. The lowest BCUT2D eigenvalue weighted by atomic mass is 9.86. The normalized spacial score (nSPS) is 17.6. The Morgan fingerprint density at radius 2 is 1.74 bits per heavy atom. The third-order valence-electron chi connectivity index (χ3n) is 7.60. The second kappa shape index (κ2) is 9.81. The van der Waals surface area contributed by atoms with Gasteiger partial charge in [0.15, 0.2) is 0 Å². The zero-order valence-corrected chi connectivity index (χ0v) is 21.5. The smallest absolute Gasteiger partial charge is 0.333 e. The third kappa shape index (κ3) is 4.23. The van der Waals surface area contributed by atoms with Gasteiger partial charge in [0.25, 0.3) is 5.91 Å². The van der Waals surface area contributed by atoms with Gasteiger partial charge in [0.1, 0.15) is 5.69 Å². The molecule has 1 aliphatic carbocycles. The van der Waals surface area contributed by atoms with Gasteiger partial charge >= 0.3 is 5.69 Å². The monoisotopic (exact) mass is 510 g/mol. The molecule has 2 aromatic carbocycles. The first-order valence-electron chi connectivity index (χ1n) is 13.0. The van der Waals surface area contributed by atoms with Crippen LogP contribution in [0, 0.1) is 5.92 Å². The van der Waals surface area contributed by atoms with Crippen LogP contribution >= 0.6 is 0 Å². The number of carbonyl (C=O) groups excluding carboxylic acids is 1. The molecule has 0 aliphatic heterocycles. The third-order valence-corrected chi connectivity index (χ3v) is 7.60. The van der Waals surface area contributed by atoms with E-state index in [-0.39, 0.29) is 17.6 Å². The largest absolute Gasteiger partial charge is 0.481 e. The predicted molar refractivity (Wildman–Crippen MR) is 146 cm³/mol. The molecule has 1 aliphatic rings. The molecule has 1 fully saturated rings. The van der Waals surface area contributed by atoms with Crippen molar-refractivity contribution in [1.82, 2.24) is 29.2 Å². The minimum absolute atomic E-state index is 0.0725. The Balaban J connectivity index is 1.17. The summed E-state index contributed by atoms with van der Waals surface area (Å²) in [5.41, 5.74) is 3.81. The average molecular weight is 511 g/mol. The summed E-state index contributed by atoms with van der Waals surface area (Å²) >= 11 is 0. The van der Waals surface area contributed by atoms with Crippen LogP contribution < -0.4 is 15.7 Å². The Hall–Kier alpha value is -4.40. The Morgan fingerprint density at radius 3 is 2.47 bits per heavy atom. The maximum absolute atomic E-state index is 13.6. The molecular formula is C29H30N6O3. The van der Waals surface area contributed by atoms with E-state index in [0.717, 1.165) is 47.6 Å². The van der Waals surface area contributed by atoms with Gasteiger partial charge in [-0.2, -0.15) is 5.10 Å². The van der Waals surface area contributed by atoms with Gasteiger partial charge in [-0.25, -0.2) is 9.78 Å². The molecule has 0 radical (unpaired) electrons. The van der Waals surface area contributed by atoms with E-state index in [1.807, 2.05) is 66.2 Å². The summed E-state index contributed by atoms with van der Waals surface area (Å²) in [5.74, 6) is 0.773. The molecule has 1 N–H and O–H groups in total. The van der Waals surface area contributed by atoms with Crippen LogP contribution in [0.15, 0.2) is 71.7 Å². The van der Waals surface area contributed by atoms with Crippen molar-refractivity contribution in [3.8, 4) is 11.6 Å².